The summed E-state index contributed by atoms with van der Waals surface area (Å²) in [5.74, 6) is -0.760. The van der Waals surface area contributed by atoms with Crippen molar-refractivity contribution in [3.63, 3.8) is 0 Å². The van der Waals surface area contributed by atoms with Crippen molar-refractivity contribution in [2.75, 3.05) is 4.90 Å². The Hall–Kier alpha value is -3.45. The van der Waals surface area contributed by atoms with Crippen molar-refractivity contribution in [1.82, 2.24) is 4.98 Å². The number of halogens is 1. The van der Waals surface area contributed by atoms with Gasteiger partial charge in [0.05, 0.1) is 17.7 Å². The van der Waals surface area contributed by atoms with E-state index in [1.807, 2.05) is 38.1 Å². The van der Waals surface area contributed by atoms with Crippen LogP contribution < -0.4 is 9.64 Å². The van der Waals surface area contributed by atoms with Gasteiger partial charge in [-0.25, -0.2) is 4.98 Å². The number of carbonyl (C=O) groups excluding carboxylic acids is 2. The molecule has 3 aromatic rings. The van der Waals surface area contributed by atoms with Crippen LogP contribution in [-0.2, 0) is 9.59 Å². The van der Waals surface area contributed by atoms with Crippen molar-refractivity contribution in [2.24, 2.45) is 0 Å². The van der Waals surface area contributed by atoms with E-state index >= 15 is 0 Å². The number of ketones is 1. The number of carbonyl (C=O) groups is 2. The van der Waals surface area contributed by atoms with E-state index in [4.69, 9.17) is 4.74 Å². The summed E-state index contributed by atoms with van der Waals surface area (Å²) in [7, 11) is 0. The van der Waals surface area contributed by atoms with Crippen molar-refractivity contribution < 1.29 is 19.4 Å². The zero-order valence-corrected chi connectivity index (χ0v) is 19.1. The first-order chi connectivity index (χ1) is 15.4. The minimum Gasteiger partial charge on any atom is -0.507 e. The van der Waals surface area contributed by atoms with Crippen LogP contribution in [0.25, 0.3) is 5.76 Å². The fraction of sp³-hybridized carbons (Fsp3) is 0.160. The molecule has 32 heavy (non-hydrogen) atoms. The molecule has 0 spiro atoms. The van der Waals surface area contributed by atoms with Crippen LogP contribution in [0.3, 0.4) is 0 Å². The summed E-state index contributed by atoms with van der Waals surface area (Å²) in [5.41, 5.74) is 1.11. The molecular weight excluding hydrogens is 472 g/mol. The Morgan fingerprint density at radius 3 is 2.31 bits per heavy atom. The normalized spacial score (nSPS) is 17.8. The van der Waals surface area contributed by atoms with Gasteiger partial charge in [0.25, 0.3) is 5.78 Å². The third kappa shape index (κ3) is 4.16. The summed E-state index contributed by atoms with van der Waals surface area (Å²) in [6, 6.07) is 18.4. The average molecular weight is 493 g/mol. The standard InChI is InChI=1S/C25H21BrN2O4/c1-15(2)32-19-12-8-17(9-13-19)23(29)21-22(16-6-10-18(26)11-7-16)28(25(31)24(21)30)20-5-3-4-14-27-20/h3-15,22,29H,1-2H3/t22-/m0/s1. The van der Waals surface area contributed by atoms with E-state index in [2.05, 4.69) is 20.9 Å². The fourth-order valence-corrected chi connectivity index (χ4v) is 3.91. The minimum absolute atomic E-state index is 0.00977. The average Bonchev–Trinajstić information content (AvgIpc) is 3.05. The van der Waals surface area contributed by atoms with Gasteiger partial charge in [0.2, 0.25) is 0 Å². The molecule has 0 radical (unpaired) electrons. The summed E-state index contributed by atoms with van der Waals surface area (Å²) in [6.07, 6.45) is 1.57. The second-order valence-electron chi connectivity index (χ2n) is 7.60. The number of aliphatic hydroxyl groups is 1. The van der Waals surface area contributed by atoms with Gasteiger partial charge >= 0.3 is 5.91 Å². The highest BCUT2D eigenvalue weighted by atomic mass is 79.9. The highest BCUT2D eigenvalue weighted by molar-refractivity contribution is 9.10. The van der Waals surface area contributed by atoms with Crippen LogP contribution in [0.2, 0.25) is 0 Å². The van der Waals surface area contributed by atoms with Crippen LogP contribution in [0.4, 0.5) is 5.82 Å². The van der Waals surface area contributed by atoms with E-state index in [0.29, 0.717) is 22.7 Å². The third-order valence-corrected chi connectivity index (χ3v) is 5.55. The molecule has 1 fully saturated rings. The van der Waals surface area contributed by atoms with Gasteiger partial charge in [0, 0.05) is 16.2 Å². The van der Waals surface area contributed by atoms with Crippen molar-refractivity contribution in [3.8, 4) is 5.75 Å². The number of anilines is 1. The number of amides is 1. The molecule has 1 amide bonds. The molecular formula is C25H21BrN2O4. The lowest BCUT2D eigenvalue weighted by Gasteiger charge is -2.24. The highest BCUT2D eigenvalue weighted by Gasteiger charge is 2.47. The van der Waals surface area contributed by atoms with Gasteiger partial charge in [-0.3, -0.25) is 14.5 Å². The molecule has 7 heteroatoms. The zero-order valence-electron chi connectivity index (χ0n) is 17.5. The van der Waals surface area contributed by atoms with Crippen molar-refractivity contribution in [3.05, 3.63) is 94.1 Å². The van der Waals surface area contributed by atoms with Crippen LogP contribution in [0.15, 0.2) is 83.0 Å². The van der Waals surface area contributed by atoms with Gasteiger partial charge in [0.15, 0.2) is 0 Å². The van der Waals surface area contributed by atoms with E-state index in [-0.39, 0.29) is 17.4 Å². The fourth-order valence-electron chi connectivity index (χ4n) is 3.64. The zero-order chi connectivity index (χ0) is 22.8. The molecule has 1 aliphatic heterocycles. The lowest BCUT2D eigenvalue weighted by molar-refractivity contribution is -0.132. The monoisotopic (exact) mass is 492 g/mol. The van der Waals surface area contributed by atoms with Crippen LogP contribution in [0.5, 0.6) is 5.75 Å². The molecule has 4 rings (SSSR count). The van der Waals surface area contributed by atoms with Crippen LogP contribution >= 0.6 is 15.9 Å². The van der Waals surface area contributed by atoms with Gasteiger partial charge in [0.1, 0.15) is 17.3 Å². The quantitative estimate of drug-likeness (QED) is 0.298. The summed E-state index contributed by atoms with van der Waals surface area (Å²) in [5, 5.41) is 11.1. The Morgan fingerprint density at radius 1 is 1.03 bits per heavy atom. The summed E-state index contributed by atoms with van der Waals surface area (Å²) < 4.78 is 6.51. The van der Waals surface area contributed by atoms with E-state index < -0.39 is 17.7 Å². The Bertz CT molecular complexity index is 1170. The molecule has 162 valence electrons. The number of aromatic nitrogens is 1. The molecule has 1 aliphatic rings. The molecule has 1 saturated heterocycles. The lowest BCUT2D eigenvalue weighted by Crippen LogP contribution is -2.30. The molecule has 6 nitrogen and oxygen atoms in total. The van der Waals surface area contributed by atoms with E-state index in [0.717, 1.165) is 4.47 Å². The second-order valence-corrected chi connectivity index (χ2v) is 8.52. The summed E-state index contributed by atoms with van der Waals surface area (Å²) >= 11 is 3.41. The Morgan fingerprint density at radius 2 is 1.72 bits per heavy atom. The topological polar surface area (TPSA) is 79.7 Å². The molecule has 0 bridgehead atoms. The molecule has 0 saturated carbocycles. The second kappa shape index (κ2) is 8.96. The van der Waals surface area contributed by atoms with Crippen molar-refractivity contribution in [1.29, 1.82) is 0 Å². The number of ether oxygens (including phenoxy) is 1. The van der Waals surface area contributed by atoms with Crippen LogP contribution in [0, 0.1) is 0 Å². The largest absolute Gasteiger partial charge is 0.507 e. The molecule has 1 N–H and O–H groups in total. The summed E-state index contributed by atoms with van der Waals surface area (Å²) in [4.78, 5) is 31.7. The van der Waals surface area contributed by atoms with E-state index in [9.17, 15) is 14.7 Å². The number of Topliss-reactive ketones (excluding diaryl/α,β-unsaturated/α-hetero) is 1. The van der Waals surface area contributed by atoms with Gasteiger partial charge in [-0.05, 0) is 67.9 Å². The predicted molar refractivity (Wildman–Crippen MR) is 125 cm³/mol. The maximum atomic E-state index is 13.1. The number of pyridine rings is 1. The van der Waals surface area contributed by atoms with Crippen LogP contribution in [0.1, 0.15) is 31.0 Å². The predicted octanol–water partition coefficient (Wildman–Crippen LogP) is 5.26. The molecule has 2 aromatic carbocycles. The first kappa shape index (κ1) is 21.8. The Labute approximate surface area is 194 Å². The minimum atomic E-state index is -0.815. The van der Waals surface area contributed by atoms with Crippen LogP contribution in [-0.4, -0.2) is 27.9 Å². The molecule has 0 unspecified atom stereocenters. The molecule has 2 heterocycles. The Kier molecular flexibility index (Phi) is 6.10. The van der Waals surface area contributed by atoms with Crippen molar-refractivity contribution in [2.45, 2.75) is 26.0 Å². The number of nitrogens with zero attached hydrogens (tertiary/aromatic N) is 2. The highest BCUT2D eigenvalue weighted by Crippen LogP contribution is 2.41. The number of hydrogen-bond acceptors (Lipinski definition) is 5. The first-order valence-corrected chi connectivity index (χ1v) is 10.9. The maximum absolute atomic E-state index is 13.1. The number of aliphatic hydroxyl groups excluding tert-OH is 1. The SMILES string of the molecule is CC(C)Oc1ccc(C(O)=C2C(=O)C(=O)N(c3ccccn3)[C@H]2c2ccc(Br)cc2)cc1. The molecule has 1 atom stereocenters. The number of hydrogen-bond donors (Lipinski definition) is 1. The summed E-state index contributed by atoms with van der Waals surface area (Å²) in [6.45, 7) is 3.84. The number of benzene rings is 2. The van der Waals surface area contributed by atoms with Gasteiger partial charge < -0.3 is 9.84 Å². The van der Waals surface area contributed by atoms with Gasteiger partial charge in [-0.15, -0.1) is 0 Å². The first-order valence-electron chi connectivity index (χ1n) is 10.1. The third-order valence-electron chi connectivity index (χ3n) is 5.03. The van der Waals surface area contributed by atoms with E-state index in [1.165, 1.54) is 4.90 Å². The molecule has 0 aliphatic carbocycles. The smallest absolute Gasteiger partial charge is 0.301 e. The van der Waals surface area contributed by atoms with Crippen molar-refractivity contribution >= 4 is 39.2 Å². The van der Waals surface area contributed by atoms with Gasteiger partial charge in [-0.2, -0.15) is 0 Å². The maximum Gasteiger partial charge on any atom is 0.301 e. The Balaban J connectivity index is 1.85. The number of rotatable bonds is 5. The molecule has 1 aromatic heterocycles. The van der Waals surface area contributed by atoms with Gasteiger partial charge in [-0.1, -0.05) is 34.1 Å². The van der Waals surface area contributed by atoms with E-state index in [1.54, 1.807) is 48.7 Å². The lowest BCUT2D eigenvalue weighted by atomic mass is 9.95.